The summed E-state index contributed by atoms with van der Waals surface area (Å²) in [4.78, 5) is 24.1. The first kappa shape index (κ1) is 37.9. The molecule has 3 aromatic carbocycles. The molecule has 0 spiro atoms. The molecule has 2 aromatic heterocycles. The monoisotopic (exact) mass is 773 g/mol. The molecule has 0 radical (unpaired) electrons. The number of nitrogens with one attached hydrogen (secondary N) is 3. The Balaban J connectivity index is 0.975. The van der Waals surface area contributed by atoms with Gasteiger partial charge in [0.15, 0.2) is 0 Å². The molecule has 3 aliphatic rings. The van der Waals surface area contributed by atoms with Crippen LogP contribution < -0.4 is 14.8 Å². The predicted molar refractivity (Wildman–Crippen MR) is 221 cm³/mol. The standard InChI is InChI=1S/C45H51N5O5S/c1-31-26-40(16-18-42(31)47-29-33-20-24-54-25-21-33)56(52,53)49-45(51)41-17-12-35(28-43(41)55-39-27-36-19-22-46-44(36)48-30-39)34-10-14-38(15-11-34)50-23-5-8-37(50)13-9-32-6-3-2-4-7-32/h2-4,6-7,9,12-13,16-19,22,26-28,30,33-34,37-38,47H,5,8,10-11,14-15,20-21,23-25,29H2,1H3,(H,46,48)(H,49,51)/b13-9+. The van der Waals surface area contributed by atoms with Crippen molar-refractivity contribution in [3.05, 3.63) is 120 Å². The van der Waals surface area contributed by atoms with E-state index in [0.717, 1.165) is 92.7 Å². The van der Waals surface area contributed by atoms with E-state index in [1.54, 1.807) is 24.4 Å². The summed E-state index contributed by atoms with van der Waals surface area (Å²) in [6, 6.07) is 25.7. The number of sulfonamides is 1. The molecule has 2 saturated heterocycles. The molecular weight excluding hydrogens is 723 g/mol. The van der Waals surface area contributed by atoms with Crippen molar-refractivity contribution in [2.45, 2.75) is 81.2 Å². The van der Waals surface area contributed by atoms with Gasteiger partial charge in [0.05, 0.1) is 16.7 Å². The lowest BCUT2D eigenvalue weighted by atomic mass is 9.80. The van der Waals surface area contributed by atoms with Gasteiger partial charge in [0, 0.05) is 49.1 Å². The molecule has 8 rings (SSSR count). The average Bonchev–Trinajstić information content (AvgIpc) is 3.90. The fourth-order valence-electron chi connectivity index (χ4n) is 8.61. The van der Waals surface area contributed by atoms with Gasteiger partial charge < -0.3 is 19.8 Å². The molecule has 1 aliphatic carbocycles. The highest BCUT2D eigenvalue weighted by atomic mass is 32.2. The van der Waals surface area contributed by atoms with Crippen molar-refractivity contribution in [3.63, 3.8) is 0 Å². The third kappa shape index (κ3) is 8.85. The van der Waals surface area contributed by atoms with Gasteiger partial charge in [-0.3, -0.25) is 9.69 Å². The van der Waals surface area contributed by atoms with Crippen molar-refractivity contribution in [2.24, 2.45) is 5.92 Å². The molecule has 4 heterocycles. The second-order valence-electron chi connectivity index (χ2n) is 15.5. The Morgan fingerprint density at radius 3 is 2.59 bits per heavy atom. The number of nitrogens with zero attached hydrogens (tertiary/aromatic N) is 2. The predicted octanol–water partition coefficient (Wildman–Crippen LogP) is 8.82. The Morgan fingerprint density at radius 1 is 0.964 bits per heavy atom. The highest BCUT2D eigenvalue weighted by Crippen LogP contribution is 2.40. The van der Waals surface area contributed by atoms with Crippen molar-refractivity contribution < 1.29 is 22.7 Å². The van der Waals surface area contributed by atoms with Gasteiger partial charge in [-0.2, -0.15) is 0 Å². The first-order valence-corrected chi connectivity index (χ1v) is 21.5. The van der Waals surface area contributed by atoms with Crippen LogP contribution in [0.1, 0.15) is 84.3 Å². The molecule has 5 aromatic rings. The van der Waals surface area contributed by atoms with Gasteiger partial charge in [-0.05, 0) is 136 Å². The molecule has 56 heavy (non-hydrogen) atoms. The molecule has 1 saturated carbocycles. The van der Waals surface area contributed by atoms with E-state index in [2.05, 4.69) is 61.3 Å². The number of aromatic nitrogens is 2. The molecule has 11 heteroatoms. The molecule has 292 valence electrons. The number of carbonyl (C=O) groups excluding carboxylic acids is 1. The van der Waals surface area contributed by atoms with Crippen molar-refractivity contribution in [3.8, 4) is 11.5 Å². The number of hydrogen-bond donors (Lipinski definition) is 3. The molecule has 1 atom stereocenters. The zero-order valence-corrected chi connectivity index (χ0v) is 32.8. The van der Waals surface area contributed by atoms with Crippen LogP contribution in [0.15, 0.2) is 102 Å². The number of aryl methyl sites for hydroxylation is 1. The van der Waals surface area contributed by atoms with Crippen LogP contribution in [-0.2, 0) is 14.8 Å². The van der Waals surface area contributed by atoms with Crippen LogP contribution in [0.5, 0.6) is 11.5 Å². The number of aromatic amines is 1. The molecule has 0 bridgehead atoms. The zero-order valence-electron chi connectivity index (χ0n) is 32.0. The number of carbonyl (C=O) groups is 1. The molecule has 3 fully saturated rings. The second-order valence-corrected chi connectivity index (χ2v) is 17.2. The quantitative estimate of drug-likeness (QED) is 0.115. The lowest BCUT2D eigenvalue weighted by Gasteiger charge is -2.37. The van der Waals surface area contributed by atoms with Gasteiger partial charge in [-0.25, -0.2) is 18.1 Å². The fourth-order valence-corrected chi connectivity index (χ4v) is 9.66. The number of benzene rings is 3. The SMILES string of the molecule is Cc1cc(S(=O)(=O)NC(=O)c2ccc(C3CCC(N4CCCC4/C=C/c4ccccc4)CC3)cc2Oc2cnc3[nH]ccc3c2)ccc1NCC1CCOCC1. The Kier molecular flexibility index (Phi) is 11.5. The zero-order chi connectivity index (χ0) is 38.5. The minimum Gasteiger partial charge on any atom is -0.455 e. The normalized spacial score (nSPS) is 21.1. The summed E-state index contributed by atoms with van der Waals surface area (Å²) in [5.74, 6) is 0.803. The van der Waals surface area contributed by atoms with Crippen molar-refractivity contribution in [2.75, 3.05) is 31.6 Å². The summed E-state index contributed by atoms with van der Waals surface area (Å²) in [6.07, 6.45) is 16.7. The third-order valence-electron chi connectivity index (χ3n) is 11.8. The van der Waals surface area contributed by atoms with Crippen molar-refractivity contribution >= 4 is 38.7 Å². The first-order chi connectivity index (χ1) is 27.3. The number of fused-ring (bicyclic) bond motifs is 1. The summed E-state index contributed by atoms with van der Waals surface area (Å²) in [7, 11) is -4.19. The van der Waals surface area contributed by atoms with Crippen molar-refractivity contribution in [1.82, 2.24) is 19.6 Å². The van der Waals surface area contributed by atoms with Crippen LogP contribution in [0.4, 0.5) is 5.69 Å². The van der Waals surface area contributed by atoms with Gasteiger partial charge in [-0.15, -0.1) is 0 Å². The van der Waals surface area contributed by atoms with Gasteiger partial charge in [0.25, 0.3) is 15.9 Å². The molecule has 10 nitrogen and oxygen atoms in total. The van der Waals surface area contributed by atoms with E-state index in [9.17, 15) is 13.2 Å². The van der Waals surface area contributed by atoms with Crippen LogP contribution in [0.25, 0.3) is 17.1 Å². The highest BCUT2D eigenvalue weighted by molar-refractivity contribution is 7.90. The van der Waals surface area contributed by atoms with Gasteiger partial charge >= 0.3 is 0 Å². The largest absolute Gasteiger partial charge is 0.455 e. The lowest BCUT2D eigenvalue weighted by molar-refractivity contribution is 0.0699. The number of likely N-dealkylation sites (tertiary alicyclic amines) is 1. The maximum atomic E-state index is 13.9. The average molecular weight is 774 g/mol. The van der Waals surface area contributed by atoms with Crippen LogP contribution in [0.3, 0.4) is 0 Å². The first-order valence-electron chi connectivity index (χ1n) is 20.0. The Bertz CT molecular complexity index is 2280. The van der Waals surface area contributed by atoms with Crippen LogP contribution in [-0.4, -0.2) is 67.6 Å². The Morgan fingerprint density at radius 2 is 1.79 bits per heavy atom. The van der Waals surface area contributed by atoms with Gasteiger partial charge in [0.2, 0.25) is 0 Å². The maximum absolute atomic E-state index is 13.9. The Hall–Kier alpha value is -4.97. The van der Waals surface area contributed by atoms with Crippen LogP contribution in [0, 0.1) is 12.8 Å². The van der Waals surface area contributed by atoms with Crippen LogP contribution in [0.2, 0.25) is 0 Å². The van der Waals surface area contributed by atoms with Crippen LogP contribution >= 0.6 is 0 Å². The summed E-state index contributed by atoms with van der Waals surface area (Å²) < 4.78 is 41.4. The lowest BCUT2D eigenvalue weighted by Crippen LogP contribution is -2.40. The number of anilines is 1. The van der Waals surface area contributed by atoms with E-state index in [-0.39, 0.29) is 10.5 Å². The summed E-state index contributed by atoms with van der Waals surface area (Å²) in [6.45, 7) is 5.33. The van der Waals surface area contributed by atoms with Gasteiger partial charge in [0.1, 0.15) is 17.1 Å². The third-order valence-corrected chi connectivity index (χ3v) is 13.1. The number of amides is 1. The van der Waals surface area contributed by atoms with E-state index >= 15 is 0 Å². The number of rotatable bonds is 12. The summed E-state index contributed by atoms with van der Waals surface area (Å²) >= 11 is 0. The molecule has 2 aliphatic heterocycles. The maximum Gasteiger partial charge on any atom is 0.268 e. The fraction of sp³-hybridized carbons (Fsp3) is 0.378. The highest BCUT2D eigenvalue weighted by Gasteiger charge is 2.33. The second kappa shape index (κ2) is 17.0. The number of hydrogen-bond acceptors (Lipinski definition) is 8. The molecular formula is C45H51N5O5S. The van der Waals surface area contributed by atoms with E-state index in [0.29, 0.717) is 35.4 Å². The number of pyridine rings is 1. The number of H-pyrrole nitrogens is 1. The smallest absolute Gasteiger partial charge is 0.268 e. The Labute approximate surface area is 329 Å². The minimum atomic E-state index is -4.19. The molecule has 1 unspecified atom stereocenters. The van der Waals surface area contributed by atoms with E-state index < -0.39 is 15.9 Å². The van der Waals surface area contributed by atoms with E-state index in [4.69, 9.17) is 9.47 Å². The number of ether oxygens (including phenoxy) is 2. The van der Waals surface area contributed by atoms with Gasteiger partial charge in [-0.1, -0.05) is 48.6 Å². The molecule has 1 amide bonds. The van der Waals surface area contributed by atoms with E-state index in [1.807, 2.05) is 43.5 Å². The van der Waals surface area contributed by atoms with E-state index in [1.165, 1.54) is 24.5 Å². The topological polar surface area (TPSA) is 126 Å². The van der Waals surface area contributed by atoms with Crippen molar-refractivity contribution in [1.29, 1.82) is 0 Å². The summed E-state index contributed by atoms with van der Waals surface area (Å²) in [5.41, 5.74) is 4.83. The minimum absolute atomic E-state index is 0.0220. The molecule has 3 N–H and O–H groups in total. The summed E-state index contributed by atoms with van der Waals surface area (Å²) in [5, 5.41) is 4.33.